The second-order valence-corrected chi connectivity index (χ2v) is 16.3. The molecule has 1 aliphatic heterocycles. The minimum absolute atomic E-state index is 0.0115. The minimum atomic E-state index is -4.61. The van der Waals surface area contributed by atoms with Crippen LogP contribution < -0.4 is 4.90 Å². The van der Waals surface area contributed by atoms with E-state index in [-0.39, 0.29) is 22.5 Å². The van der Waals surface area contributed by atoms with Crippen molar-refractivity contribution < 1.29 is 34.9 Å². The summed E-state index contributed by atoms with van der Waals surface area (Å²) in [7, 11) is -5.89. The van der Waals surface area contributed by atoms with Crippen LogP contribution in [0.15, 0.2) is 12.3 Å². The van der Waals surface area contributed by atoms with Gasteiger partial charge in [-0.05, 0) is 37.0 Å². The van der Waals surface area contributed by atoms with E-state index < -0.39 is 36.8 Å². The first-order chi connectivity index (χ1) is 15.0. The Morgan fingerprint density at radius 2 is 1.82 bits per heavy atom. The third-order valence-electron chi connectivity index (χ3n) is 6.20. The molecule has 0 bridgehead atoms. The number of rotatable bonds is 9. The van der Waals surface area contributed by atoms with Crippen molar-refractivity contribution in [1.29, 1.82) is 0 Å². The summed E-state index contributed by atoms with van der Waals surface area (Å²) in [6.07, 6.45) is -1.62. The molecule has 0 N–H and O–H groups in total. The molecule has 12 heteroatoms. The van der Waals surface area contributed by atoms with Crippen LogP contribution in [0.3, 0.4) is 0 Å². The van der Waals surface area contributed by atoms with Crippen LogP contribution >= 0.6 is 0 Å². The molecule has 0 unspecified atom stereocenters. The first kappa shape index (κ1) is 28.0. The zero-order valence-electron chi connectivity index (χ0n) is 20.2. The first-order valence-corrected chi connectivity index (χ1v) is 15.6. The molecule has 1 aliphatic rings. The van der Waals surface area contributed by atoms with Crippen molar-refractivity contribution in [2.45, 2.75) is 70.6 Å². The average Bonchev–Trinajstić information content (AvgIpc) is 2.68. The van der Waals surface area contributed by atoms with Crippen molar-refractivity contribution in [1.82, 2.24) is 4.98 Å². The number of anilines is 1. The zero-order valence-corrected chi connectivity index (χ0v) is 22.0. The lowest BCUT2D eigenvalue weighted by molar-refractivity contribution is -0.137. The molecule has 2 heterocycles. The van der Waals surface area contributed by atoms with Gasteiger partial charge in [-0.2, -0.15) is 21.6 Å². The Balaban J connectivity index is 2.39. The van der Waals surface area contributed by atoms with Crippen LogP contribution in [0.25, 0.3) is 0 Å². The molecule has 1 saturated heterocycles. The summed E-state index contributed by atoms with van der Waals surface area (Å²) in [5.74, 6) is 0.275. The maximum atomic E-state index is 13.3. The summed E-state index contributed by atoms with van der Waals surface area (Å²) in [6.45, 7) is 12.0. The minimum Gasteiger partial charge on any atom is -0.415 e. The fraction of sp³-hybridized carbons (Fsp3) is 0.762. The number of pyridine rings is 1. The molecule has 190 valence electrons. The van der Waals surface area contributed by atoms with E-state index in [2.05, 4.69) is 38.8 Å². The van der Waals surface area contributed by atoms with Crippen LogP contribution in [0.5, 0.6) is 0 Å². The van der Waals surface area contributed by atoms with Crippen LogP contribution in [0, 0.1) is 0 Å². The van der Waals surface area contributed by atoms with Crippen molar-refractivity contribution >= 4 is 24.3 Å². The number of hydrogen-bond donors (Lipinski definition) is 0. The second-order valence-electron chi connectivity index (χ2n) is 9.82. The predicted octanol–water partition coefficient (Wildman–Crippen LogP) is 4.58. The molecule has 1 fully saturated rings. The van der Waals surface area contributed by atoms with Gasteiger partial charge in [0.25, 0.3) is 10.1 Å². The number of aromatic nitrogens is 1. The Bertz CT molecular complexity index is 898. The fourth-order valence-electron chi connectivity index (χ4n) is 3.27. The SMILES string of the molecule is CC(C)(C)[Si](C)(C)OCCN(c1ncc(C(F)(F)F)cc1COS(C)(=O)=O)C1CCOCC1. The van der Waals surface area contributed by atoms with Gasteiger partial charge < -0.3 is 14.1 Å². The second kappa shape index (κ2) is 10.6. The van der Waals surface area contributed by atoms with Gasteiger partial charge in [0.15, 0.2) is 8.32 Å². The Kier molecular flexibility index (Phi) is 8.99. The Labute approximate surface area is 195 Å². The molecule has 2 rings (SSSR count). The van der Waals surface area contributed by atoms with E-state index in [0.29, 0.717) is 39.2 Å². The van der Waals surface area contributed by atoms with E-state index in [1.807, 2.05) is 4.90 Å². The fourth-order valence-corrected chi connectivity index (χ4v) is 4.64. The van der Waals surface area contributed by atoms with Gasteiger partial charge in [0.05, 0.1) is 25.0 Å². The van der Waals surface area contributed by atoms with Crippen LogP contribution in [0.2, 0.25) is 18.1 Å². The third kappa shape index (κ3) is 8.20. The van der Waals surface area contributed by atoms with Gasteiger partial charge in [0, 0.05) is 37.6 Å². The maximum absolute atomic E-state index is 13.3. The van der Waals surface area contributed by atoms with Gasteiger partial charge in [-0.3, -0.25) is 4.18 Å². The standard InChI is InChI=1S/C21H35F3N2O5SSi/c1-20(2,3)33(5,6)31-12-9-26(18-7-10-29-11-8-18)19-16(15-30-32(4,27)28)13-17(14-25-19)21(22,23)24/h13-14,18H,7-12,15H2,1-6H3. The van der Waals surface area contributed by atoms with Crippen molar-refractivity contribution in [3.63, 3.8) is 0 Å². The smallest absolute Gasteiger partial charge is 0.415 e. The molecule has 0 atom stereocenters. The molecule has 1 aromatic rings. The highest BCUT2D eigenvalue weighted by Crippen LogP contribution is 2.37. The summed E-state index contributed by atoms with van der Waals surface area (Å²) in [5.41, 5.74) is -0.892. The van der Waals surface area contributed by atoms with Crippen molar-refractivity contribution in [2.75, 3.05) is 37.5 Å². The largest absolute Gasteiger partial charge is 0.417 e. The van der Waals surface area contributed by atoms with E-state index >= 15 is 0 Å². The van der Waals surface area contributed by atoms with Gasteiger partial charge in [-0.1, -0.05) is 20.8 Å². The predicted molar refractivity (Wildman–Crippen MR) is 123 cm³/mol. The topological polar surface area (TPSA) is 78.0 Å². The van der Waals surface area contributed by atoms with Gasteiger partial charge in [0.1, 0.15) is 5.82 Å². The molecule has 0 aliphatic carbocycles. The van der Waals surface area contributed by atoms with E-state index in [9.17, 15) is 21.6 Å². The van der Waals surface area contributed by atoms with Crippen molar-refractivity contribution in [3.05, 3.63) is 23.4 Å². The van der Waals surface area contributed by atoms with E-state index in [4.69, 9.17) is 13.3 Å². The summed E-state index contributed by atoms with van der Waals surface area (Å²) in [4.78, 5) is 6.04. The van der Waals surface area contributed by atoms with Crippen molar-refractivity contribution in [3.8, 4) is 0 Å². The van der Waals surface area contributed by atoms with Gasteiger partial charge >= 0.3 is 6.18 Å². The van der Waals surface area contributed by atoms with Crippen molar-refractivity contribution in [2.24, 2.45) is 0 Å². The Morgan fingerprint density at radius 3 is 2.33 bits per heavy atom. The zero-order chi connectivity index (χ0) is 25.1. The monoisotopic (exact) mass is 512 g/mol. The molecular formula is C21H35F3N2O5SSi. The highest BCUT2D eigenvalue weighted by Gasteiger charge is 2.38. The molecule has 0 spiro atoms. The van der Waals surface area contributed by atoms with Gasteiger partial charge in [-0.15, -0.1) is 0 Å². The summed E-state index contributed by atoms with van der Waals surface area (Å²) >= 11 is 0. The number of ether oxygens (including phenoxy) is 1. The first-order valence-electron chi connectivity index (χ1n) is 10.9. The Hall–Kier alpha value is -1.21. The summed E-state index contributed by atoms with van der Waals surface area (Å²) in [5, 5.41) is 0.0115. The molecule has 7 nitrogen and oxygen atoms in total. The number of nitrogens with zero attached hydrogens (tertiary/aromatic N) is 2. The van der Waals surface area contributed by atoms with Gasteiger partial charge in [0.2, 0.25) is 0 Å². The molecule has 33 heavy (non-hydrogen) atoms. The quantitative estimate of drug-likeness (QED) is 0.354. The molecule has 0 amide bonds. The number of hydrogen-bond acceptors (Lipinski definition) is 7. The number of alkyl halides is 3. The summed E-state index contributed by atoms with van der Waals surface area (Å²) < 4.78 is 79.7. The lowest BCUT2D eigenvalue weighted by Gasteiger charge is -2.39. The summed E-state index contributed by atoms with van der Waals surface area (Å²) in [6, 6.07) is 0.886. The molecule has 0 saturated carbocycles. The highest BCUT2D eigenvalue weighted by atomic mass is 32.2. The lowest BCUT2D eigenvalue weighted by atomic mass is 10.1. The van der Waals surface area contributed by atoms with Crippen LogP contribution in [-0.2, 0) is 36.2 Å². The van der Waals surface area contributed by atoms with E-state index in [0.717, 1.165) is 18.5 Å². The molecule has 0 radical (unpaired) electrons. The highest BCUT2D eigenvalue weighted by molar-refractivity contribution is 7.85. The van der Waals surface area contributed by atoms with E-state index in [1.54, 1.807) is 0 Å². The maximum Gasteiger partial charge on any atom is 0.417 e. The van der Waals surface area contributed by atoms with E-state index in [1.165, 1.54) is 0 Å². The van der Waals surface area contributed by atoms with Gasteiger partial charge in [-0.25, -0.2) is 4.98 Å². The average molecular weight is 513 g/mol. The molecule has 1 aromatic heterocycles. The van der Waals surface area contributed by atoms with Crippen LogP contribution in [0.1, 0.15) is 44.7 Å². The number of halogens is 3. The molecular weight excluding hydrogens is 477 g/mol. The normalized spacial score (nSPS) is 16.8. The lowest BCUT2D eigenvalue weighted by Crippen LogP contribution is -2.46. The Morgan fingerprint density at radius 1 is 1.21 bits per heavy atom. The van der Waals surface area contributed by atoms with Crippen LogP contribution in [0.4, 0.5) is 19.0 Å². The van der Waals surface area contributed by atoms with Crippen LogP contribution in [-0.4, -0.2) is 60.4 Å². The molecule has 0 aromatic carbocycles. The third-order valence-corrected chi connectivity index (χ3v) is 11.3.